The van der Waals surface area contributed by atoms with Gasteiger partial charge in [0, 0.05) is 20.3 Å². The molecule has 10 nitrogen and oxygen atoms in total. The molecule has 0 N–H and O–H groups in total. The van der Waals surface area contributed by atoms with Crippen molar-refractivity contribution in [2.45, 2.75) is 0 Å². The third-order valence-corrected chi connectivity index (χ3v) is 3.53. The molecular formula is C15H15N5O5. The van der Waals surface area contributed by atoms with Crippen LogP contribution in [0.25, 0.3) is 22.7 Å². The van der Waals surface area contributed by atoms with Crippen molar-refractivity contribution in [1.82, 2.24) is 24.5 Å². The SMILES string of the molecule is COC(=O)c1cc(-c2cc(-c3nn(C)c(=O)o3)cnc2OC)n(C)n1. The van der Waals surface area contributed by atoms with E-state index in [1.165, 1.54) is 32.1 Å². The highest BCUT2D eigenvalue weighted by molar-refractivity contribution is 5.89. The largest absolute Gasteiger partial charge is 0.481 e. The highest BCUT2D eigenvalue weighted by atomic mass is 16.5. The first kappa shape index (κ1) is 16.4. The highest BCUT2D eigenvalue weighted by Crippen LogP contribution is 2.31. The van der Waals surface area contributed by atoms with Crippen LogP contribution < -0.4 is 10.5 Å². The highest BCUT2D eigenvalue weighted by Gasteiger charge is 2.19. The van der Waals surface area contributed by atoms with E-state index in [2.05, 4.69) is 19.9 Å². The summed E-state index contributed by atoms with van der Waals surface area (Å²) in [6, 6.07) is 3.25. The molecule has 0 radical (unpaired) electrons. The van der Waals surface area contributed by atoms with Gasteiger partial charge in [0.1, 0.15) is 0 Å². The van der Waals surface area contributed by atoms with Gasteiger partial charge in [-0.3, -0.25) is 4.68 Å². The van der Waals surface area contributed by atoms with Gasteiger partial charge in [0.05, 0.1) is 31.0 Å². The van der Waals surface area contributed by atoms with Crippen molar-refractivity contribution in [3.63, 3.8) is 0 Å². The molecule has 0 aliphatic heterocycles. The van der Waals surface area contributed by atoms with E-state index in [1.807, 2.05) is 0 Å². The summed E-state index contributed by atoms with van der Waals surface area (Å²) < 4.78 is 17.6. The standard InChI is InChI=1S/C15H15N5O5/c1-19-11(6-10(17-19)14(21)24-4)9-5-8(7-16-13(9)23-3)12-18-20(2)15(22)25-12/h5-7H,1-4H3. The second kappa shape index (κ2) is 6.23. The molecule has 0 atom stereocenters. The number of nitrogens with zero attached hydrogens (tertiary/aromatic N) is 5. The van der Waals surface area contributed by atoms with Crippen molar-refractivity contribution in [1.29, 1.82) is 0 Å². The second-order valence-electron chi connectivity index (χ2n) is 5.11. The summed E-state index contributed by atoms with van der Waals surface area (Å²) in [7, 11) is 5.91. The van der Waals surface area contributed by atoms with E-state index < -0.39 is 11.7 Å². The third-order valence-electron chi connectivity index (χ3n) is 3.53. The molecule has 3 heterocycles. The quantitative estimate of drug-likeness (QED) is 0.633. The molecule has 130 valence electrons. The van der Waals surface area contributed by atoms with E-state index in [-0.39, 0.29) is 11.6 Å². The van der Waals surface area contributed by atoms with Gasteiger partial charge < -0.3 is 13.9 Å². The normalized spacial score (nSPS) is 10.7. The summed E-state index contributed by atoms with van der Waals surface area (Å²) in [6.45, 7) is 0. The lowest BCUT2D eigenvalue weighted by Gasteiger charge is -2.08. The lowest BCUT2D eigenvalue weighted by molar-refractivity contribution is 0.0593. The zero-order valence-electron chi connectivity index (χ0n) is 14.0. The van der Waals surface area contributed by atoms with Crippen molar-refractivity contribution < 1.29 is 18.7 Å². The monoisotopic (exact) mass is 345 g/mol. The lowest BCUT2D eigenvalue weighted by Crippen LogP contribution is -2.09. The first-order chi connectivity index (χ1) is 11.9. The van der Waals surface area contributed by atoms with Crippen molar-refractivity contribution in [3.05, 3.63) is 34.6 Å². The molecule has 0 amide bonds. The van der Waals surface area contributed by atoms with Crippen molar-refractivity contribution in [2.24, 2.45) is 14.1 Å². The Morgan fingerprint density at radius 2 is 1.92 bits per heavy atom. The number of aromatic nitrogens is 5. The number of carbonyl (C=O) groups excluding carboxylic acids is 1. The Hall–Kier alpha value is -3.43. The van der Waals surface area contributed by atoms with Crippen molar-refractivity contribution >= 4 is 5.97 Å². The van der Waals surface area contributed by atoms with E-state index in [4.69, 9.17) is 9.15 Å². The molecule has 0 aliphatic rings. The van der Waals surface area contributed by atoms with Crippen LogP contribution in [-0.4, -0.2) is 44.7 Å². The van der Waals surface area contributed by atoms with E-state index in [0.29, 0.717) is 22.7 Å². The topological polar surface area (TPSA) is 114 Å². The van der Waals surface area contributed by atoms with Crippen LogP contribution in [0.5, 0.6) is 5.88 Å². The molecule has 0 unspecified atom stereocenters. The smallest absolute Gasteiger partial charge is 0.437 e. The van der Waals surface area contributed by atoms with Crippen LogP contribution in [0.1, 0.15) is 10.5 Å². The molecule has 0 aromatic carbocycles. The van der Waals surface area contributed by atoms with E-state index in [0.717, 1.165) is 4.68 Å². The van der Waals surface area contributed by atoms with Crippen LogP contribution >= 0.6 is 0 Å². The van der Waals surface area contributed by atoms with Gasteiger partial charge in [-0.2, -0.15) is 9.78 Å². The molecule has 3 rings (SSSR count). The molecule has 3 aromatic rings. The average molecular weight is 345 g/mol. The first-order valence-corrected chi connectivity index (χ1v) is 7.16. The van der Waals surface area contributed by atoms with Gasteiger partial charge >= 0.3 is 11.7 Å². The molecule has 25 heavy (non-hydrogen) atoms. The maximum absolute atomic E-state index is 11.7. The van der Waals surface area contributed by atoms with Crippen LogP contribution in [0.3, 0.4) is 0 Å². The molecule has 0 saturated carbocycles. The number of rotatable bonds is 4. The first-order valence-electron chi connectivity index (χ1n) is 7.16. The van der Waals surface area contributed by atoms with Gasteiger partial charge in [-0.1, -0.05) is 0 Å². The fourth-order valence-electron chi connectivity index (χ4n) is 2.30. The van der Waals surface area contributed by atoms with Crippen LogP contribution in [0, 0.1) is 0 Å². The van der Waals surface area contributed by atoms with Crippen molar-refractivity contribution in [3.8, 4) is 28.6 Å². The number of carbonyl (C=O) groups is 1. The predicted molar refractivity (Wildman–Crippen MR) is 85.1 cm³/mol. The van der Waals surface area contributed by atoms with Gasteiger partial charge in [0.2, 0.25) is 5.88 Å². The minimum absolute atomic E-state index is 0.124. The summed E-state index contributed by atoms with van der Waals surface area (Å²) in [5.74, 6) is -0.692. The molecule has 0 spiro atoms. The number of hydrogen-bond acceptors (Lipinski definition) is 8. The summed E-state index contributed by atoms with van der Waals surface area (Å²) in [4.78, 5) is 27.4. The lowest BCUT2D eigenvalue weighted by atomic mass is 10.1. The molecule has 0 saturated heterocycles. The Balaban J connectivity index is 2.15. The third kappa shape index (κ3) is 2.89. The Labute approximate surface area is 141 Å². The van der Waals surface area contributed by atoms with Crippen LogP contribution in [0.4, 0.5) is 0 Å². The molecule has 0 bridgehead atoms. The number of methoxy groups -OCH3 is 2. The number of pyridine rings is 1. The minimum atomic E-state index is -0.583. The molecule has 10 heteroatoms. The fourth-order valence-corrected chi connectivity index (χ4v) is 2.30. The van der Waals surface area contributed by atoms with E-state index >= 15 is 0 Å². The summed E-state index contributed by atoms with van der Waals surface area (Å²) in [6.07, 6.45) is 1.48. The predicted octanol–water partition coefficient (Wildman–Crippen LogP) is 0.631. The zero-order chi connectivity index (χ0) is 18.1. The minimum Gasteiger partial charge on any atom is -0.481 e. The van der Waals surface area contributed by atoms with Crippen molar-refractivity contribution in [2.75, 3.05) is 14.2 Å². The summed E-state index contributed by atoms with van der Waals surface area (Å²) in [5.41, 5.74) is 1.76. The van der Waals surface area contributed by atoms with Gasteiger partial charge in [-0.25, -0.2) is 14.6 Å². The Bertz CT molecular complexity index is 1000. The Morgan fingerprint density at radius 3 is 2.52 bits per heavy atom. The van der Waals surface area contributed by atoms with Gasteiger partial charge in [0.25, 0.3) is 5.89 Å². The Morgan fingerprint density at radius 1 is 1.16 bits per heavy atom. The van der Waals surface area contributed by atoms with Gasteiger partial charge in [0.15, 0.2) is 5.69 Å². The van der Waals surface area contributed by atoms with Gasteiger partial charge in [-0.05, 0) is 12.1 Å². The van der Waals surface area contributed by atoms with Gasteiger partial charge in [-0.15, -0.1) is 5.10 Å². The molecule has 0 fully saturated rings. The van der Waals surface area contributed by atoms with E-state index in [1.54, 1.807) is 19.2 Å². The zero-order valence-corrected chi connectivity index (χ0v) is 14.0. The maximum Gasteiger partial charge on any atom is 0.437 e. The summed E-state index contributed by atoms with van der Waals surface area (Å²) in [5, 5.41) is 8.12. The molecule has 0 aliphatic carbocycles. The van der Waals surface area contributed by atoms with Crippen LogP contribution in [0.15, 0.2) is 27.5 Å². The van der Waals surface area contributed by atoms with E-state index in [9.17, 15) is 9.59 Å². The Kier molecular flexibility index (Phi) is 4.09. The second-order valence-corrected chi connectivity index (χ2v) is 5.11. The van der Waals surface area contributed by atoms with Crippen LogP contribution in [-0.2, 0) is 18.8 Å². The number of ether oxygens (including phenoxy) is 2. The van der Waals surface area contributed by atoms with Crippen LogP contribution in [0.2, 0.25) is 0 Å². The number of esters is 1. The maximum atomic E-state index is 11.7. The molecule has 3 aromatic heterocycles. The fraction of sp³-hybridized carbons (Fsp3) is 0.267. The summed E-state index contributed by atoms with van der Waals surface area (Å²) >= 11 is 0. The molecular weight excluding hydrogens is 330 g/mol. The number of aryl methyl sites for hydroxylation is 2. The average Bonchev–Trinajstić information content (AvgIpc) is 3.16. The number of hydrogen-bond donors (Lipinski definition) is 0.